The Bertz CT molecular complexity index is 375. The molecule has 2 heterocycles. The number of rotatable bonds is 2. The molecule has 0 radical (unpaired) electrons. The van der Waals surface area contributed by atoms with E-state index in [1.807, 2.05) is 11.8 Å². The maximum absolute atomic E-state index is 12.5. The fourth-order valence-corrected chi connectivity index (χ4v) is 3.49. The predicted molar refractivity (Wildman–Crippen MR) is 73.9 cm³/mol. The Hall–Kier alpha value is -0.820. The molecular formula is C14H24F3N3O. The third-order valence-electron chi connectivity index (χ3n) is 4.50. The van der Waals surface area contributed by atoms with Crippen LogP contribution in [-0.4, -0.2) is 78.6 Å². The van der Waals surface area contributed by atoms with Gasteiger partial charge in [-0.3, -0.25) is 14.6 Å². The molecule has 0 N–H and O–H groups in total. The van der Waals surface area contributed by atoms with Gasteiger partial charge in [-0.1, -0.05) is 6.92 Å². The lowest BCUT2D eigenvalue weighted by Gasteiger charge is -2.30. The summed E-state index contributed by atoms with van der Waals surface area (Å²) in [4.78, 5) is 17.0. The molecule has 0 spiro atoms. The van der Waals surface area contributed by atoms with Crippen LogP contribution < -0.4 is 0 Å². The Labute approximate surface area is 123 Å². The van der Waals surface area contributed by atoms with Crippen molar-refractivity contribution in [2.24, 2.45) is 5.92 Å². The molecule has 0 aromatic carbocycles. The van der Waals surface area contributed by atoms with Crippen LogP contribution in [0.2, 0.25) is 0 Å². The maximum atomic E-state index is 12.5. The molecule has 0 aromatic heterocycles. The number of alkyl halides is 3. The molecule has 2 aliphatic heterocycles. The third-order valence-corrected chi connectivity index (χ3v) is 4.50. The van der Waals surface area contributed by atoms with Crippen LogP contribution in [0, 0.1) is 5.92 Å². The van der Waals surface area contributed by atoms with Crippen molar-refractivity contribution in [3.8, 4) is 0 Å². The van der Waals surface area contributed by atoms with Crippen molar-refractivity contribution in [1.82, 2.24) is 14.7 Å². The minimum absolute atomic E-state index is 0.0787. The van der Waals surface area contributed by atoms with Crippen LogP contribution in [-0.2, 0) is 4.79 Å². The van der Waals surface area contributed by atoms with Gasteiger partial charge in [0.05, 0.1) is 6.54 Å². The monoisotopic (exact) mass is 307 g/mol. The molecule has 122 valence electrons. The molecule has 1 amide bonds. The highest BCUT2D eigenvalue weighted by atomic mass is 19.4. The van der Waals surface area contributed by atoms with Gasteiger partial charge in [-0.15, -0.1) is 0 Å². The first kappa shape index (κ1) is 16.5. The van der Waals surface area contributed by atoms with Gasteiger partial charge >= 0.3 is 6.18 Å². The summed E-state index contributed by atoms with van der Waals surface area (Å²) >= 11 is 0. The highest BCUT2D eigenvalue weighted by molar-refractivity contribution is 5.73. The summed E-state index contributed by atoms with van der Waals surface area (Å²) in [5.41, 5.74) is 0. The second-order valence-electron chi connectivity index (χ2n) is 6.25. The number of halogens is 3. The summed E-state index contributed by atoms with van der Waals surface area (Å²) in [6.07, 6.45) is -3.24. The van der Waals surface area contributed by atoms with Crippen molar-refractivity contribution in [1.29, 1.82) is 0 Å². The molecule has 0 unspecified atom stereocenters. The van der Waals surface area contributed by atoms with Gasteiger partial charge in [-0.2, -0.15) is 13.2 Å². The van der Waals surface area contributed by atoms with Crippen molar-refractivity contribution in [3.63, 3.8) is 0 Å². The van der Waals surface area contributed by atoms with Gasteiger partial charge in [0.1, 0.15) is 0 Å². The van der Waals surface area contributed by atoms with Crippen LogP contribution in [0.1, 0.15) is 20.3 Å². The van der Waals surface area contributed by atoms with E-state index in [4.69, 9.17) is 0 Å². The van der Waals surface area contributed by atoms with Gasteiger partial charge in [0, 0.05) is 52.2 Å². The number of hydrogen-bond acceptors (Lipinski definition) is 3. The number of carbonyl (C=O) groups excluding carboxylic acids is 1. The summed E-state index contributed by atoms with van der Waals surface area (Å²) in [5, 5.41) is 0. The second-order valence-corrected chi connectivity index (χ2v) is 6.25. The van der Waals surface area contributed by atoms with Gasteiger partial charge < -0.3 is 4.90 Å². The van der Waals surface area contributed by atoms with Crippen molar-refractivity contribution < 1.29 is 18.0 Å². The van der Waals surface area contributed by atoms with E-state index in [1.165, 1.54) is 4.90 Å². The van der Waals surface area contributed by atoms with Crippen LogP contribution in [0.25, 0.3) is 0 Å². The molecule has 2 aliphatic rings. The van der Waals surface area contributed by atoms with E-state index < -0.39 is 12.7 Å². The first-order chi connectivity index (χ1) is 9.76. The average Bonchev–Trinajstić information content (AvgIpc) is 2.59. The van der Waals surface area contributed by atoms with Gasteiger partial charge in [-0.05, 0) is 12.3 Å². The molecule has 0 aliphatic carbocycles. The standard InChI is InChI=1S/C14H24F3N3O/c1-11-8-18(10-14(15,16)17)9-13(11)20-5-3-4-19(6-7-20)12(2)21/h11,13H,3-10H2,1-2H3/t11-,13-/m0/s1. The summed E-state index contributed by atoms with van der Waals surface area (Å²) in [5.74, 6) is 0.311. The summed E-state index contributed by atoms with van der Waals surface area (Å²) in [6, 6.07) is 0.166. The van der Waals surface area contributed by atoms with Gasteiger partial charge in [0.2, 0.25) is 5.91 Å². The second kappa shape index (κ2) is 6.52. The molecule has 21 heavy (non-hydrogen) atoms. The number of carbonyl (C=O) groups is 1. The van der Waals surface area contributed by atoms with E-state index in [1.54, 1.807) is 6.92 Å². The lowest BCUT2D eigenvalue weighted by atomic mass is 10.0. The zero-order chi connectivity index (χ0) is 15.6. The molecule has 4 nitrogen and oxygen atoms in total. The van der Waals surface area contributed by atoms with Crippen molar-refractivity contribution in [2.45, 2.75) is 32.5 Å². The van der Waals surface area contributed by atoms with Gasteiger partial charge in [-0.25, -0.2) is 0 Å². The molecule has 7 heteroatoms. The Morgan fingerprint density at radius 1 is 1.14 bits per heavy atom. The quantitative estimate of drug-likeness (QED) is 0.772. The Morgan fingerprint density at radius 2 is 1.86 bits per heavy atom. The van der Waals surface area contributed by atoms with E-state index in [9.17, 15) is 18.0 Å². The minimum atomic E-state index is -4.13. The average molecular weight is 307 g/mol. The first-order valence-corrected chi connectivity index (χ1v) is 7.55. The lowest BCUT2D eigenvalue weighted by molar-refractivity contribution is -0.144. The normalized spacial score (nSPS) is 29.7. The Morgan fingerprint density at radius 3 is 2.48 bits per heavy atom. The van der Waals surface area contributed by atoms with Crippen LogP contribution in [0.15, 0.2) is 0 Å². The van der Waals surface area contributed by atoms with Crippen LogP contribution in [0.4, 0.5) is 13.2 Å². The Kier molecular flexibility index (Phi) is 5.14. The predicted octanol–water partition coefficient (Wildman–Crippen LogP) is 1.42. The zero-order valence-electron chi connectivity index (χ0n) is 12.7. The number of hydrogen-bond donors (Lipinski definition) is 0. The molecule has 2 rings (SSSR count). The third kappa shape index (κ3) is 4.57. The highest BCUT2D eigenvalue weighted by Crippen LogP contribution is 2.26. The molecular weight excluding hydrogens is 283 g/mol. The largest absolute Gasteiger partial charge is 0.401 e. The van der Waals surface area contributed by atoms with E-state index >= 15 is 0 Å². The number of amides is 1. The van der Waals surface area contributed by atoms with E-state index in [0.717, 1.165) is 26.1 Å². The van der Waals surface area contributed by atoms with Gasteiger partial charge in [0.25, 0.3) is 0 Å². The van der Waals surface area contributed by atoms with Crippen molar-refractivity contribution in [3.05, 3.63) is 0 Å². The summed E-state index contributed by atoms with van der Waals surface area (Å²) in [6.45, 7) is 6.79. The van der Waals surface area contributed by atoms with Crippen molar-refractivity contribution in [2.75, 3.05) is 45.8 Å². The highest BCUT2D eigenvalue weighted by Gasteiger charge is 2.39. The molecule has 0 saturated carbocycles. The fourth-order valence-electron chi connectivity index (χ4n) is 3.49. The van der Waals surface area contributed by atoms with Crippen LogP contribution in [0.3, 0.4) is 0 Å². The minimum Gasteiger partial charge on any atom is -0.342 e. The van der Waals surface area contributed by atoms with E-state index in [0.29, 0.717) is 19.6 Å². The fraction of sp³-hybridized carbons (Fsp3) is 0.929. The summed E-state index contributed by atoms with van der Waals surface area (Å²) < 4.78 is 37.5. The lowest BCUT2D eigenvalue weighted by Crippen LogP contribution is -2.43. The topological polar surface area (TPSA) is 26.8 Å². The van der Waals surface area contributed by atoms with Crippen molar-refractivity contribution >= 4 is 5.91 Å². The molecule has 2 atom stereocenters. The number of nitrogens with zero attached hydrogens (tertiary/aromatic N) is 3. The molecule has 2 fully saturated rings. The van der Waals surface area contributed by atoms with E-state index in [-0.39, 0.29) is 17.9 Å². The molecule has 0 aromatic rings. The van der Waals surface area contributed by atoms with Crippen LogP contribution in [0.5, 0.6) is 0 Å². The maximum Gasteiger partial charge on any atom is 0.401 e. The number of likely N-dealkylation sites (tertiary alicyclic amines) is 1. The smallest absolute Gasteiger partial charge is 0.342 e. The SMILES string of the molecule is CC(=O)N1CCCN([C@H]2CN(CC(F)(F)F)C[C@@H]2C)CC1. The summed E-state index contributed by atoms with van der Waals surface area (Å²) in [7, 11) is 0. The van der Waals surface area contributed by atoms with Gasteiger partial charge in [0.15, 0.2) is 0 Å². The zero-order valence-corrected chi connectivity index (χ0v) is 12.7. The van der Waals surface area contributed by atoms with E-state index in [2.05, 4.69) is 4.90 Å². The molecule has 0 bridgehead atoms. The first-order valence-electron chi connectivity index (χ1n) is 7.55. The molecule has 2 saturated heterocycles. The van der Waals surface area contributed by atoms with Crippen LogP contribution >= 0.6 is 0 Å². The Balaban J connectivity index is 1.91.